The highest BCUT2D eigenvalue weighted by Gasteiger charge is 2.30. The summed E-state index contributed by atoms with van der Waals surface area (Å²) in [6.45, 7) is 1.39. The van der Waals surface area contributed by atoms with Crippen molar-refractivity contribution in [2.75, 3.05) is 19.7 Å². The third kappa shape index (κ3) is 3.93. The minimum absolute atomic E-state index is 0.0855. The van der Waals surface area contributed by atoms with Crippen LogP contribution in [0.2, 0.25) is 0 Å². The maximum Gasteiger partial charge on any atom is 0.223 e. The number of aliphatic hydroxyl groups is 1. The van der Waals surface area contributed by atoms with Gasteiger partial charge in [-0.15, -0.1) is 0 Å². The first-order valence-corrected chi connectivity index (χ1v) is 7.85. The van der Waals surface area contributed by atoms with Gasteiger partial charge >= 0.3 is 0 Å². The predicted molar refractivity (Wildman–Crippen MR) is 75.6 cm³/mol. The maximum atomic E-state index is 12.4. The van der Waals surface area contributed by atoms with Crippen LogP contribution in [0.5, 0.6) is 0 Å². The van der Waals surface area contributed by atoms with Crippen molar-refractivity contribution in [3.05, 3.63) is 0 Å². The van der Waals surface area contributed by atoms with E-state index in [0.29, 0.717) is 30.8 Å². The van der Waals surface area contributed by atoms with Gasteiger partial charge in [-0.1, -0.05) is 0 Å². The summed E-state index contributed by atoms with van der Waals surface area (Å²) in [5, 5.41) is 9.12. The van der Waals surface area contributed by atoms with E-state index in [2.05, 4.69) is 0 Å². The topological polar surface area (TPSA) is 66.6 Å². The fraction of sp³-hybridized carbons (Fsp3) is 0.933. The molecule has 2 saturated carbocycles. The van der Waals surface area contributed by atoms with Gasteiger partial charge in [-0.3, -0.25) is 4.79 Å². The second kappa shape index (κ2) is 7.25. The van der Waals surface area contributed by atoms with E-state index in [1.165, 1.54) is 19.3 Å². The van der Waals surface area contributed by atoms with E-state index in [1.54, 1.807) is 0 Å². The lowest BCUT2D eigenvalue weighted by molar-refractivity contribution is -0.137. The van der Waals surface area contributed by atoms with Crippen molar-refractivity contribution in [1.82, 2.24) is 4.90 Å². The zero-order chi connectivity index (χ0) is 13.7. The van der Waals surface area contributed by atoms with Gasteiger partial charge in [-0.25, -0.2) is 0 Å². The van der Waals surface area contributed by atoms with Crippen LogP contribution in [-0.2, 0) is 4.79 Å². The predicted octanol–water partition coefficient (Wildman–Crippen LogP) is 1.51. The van der Waals surface area contributed by atoms with Crippen molar-refractivity contribution >= 4 is 5.91 Å². The Bertz CT molecular complexity index is 284. The van der Waals surface area contributed by atoms with E-state index < -0.39 is 0 Å². The molecular formula is C15H28N2O2. The second-order valence-corrected chi connectivity index (χ2v) is 6.22. The minimum atomic E-state index is 0.0855. The second-order valence-electron chi connectivity index (χ2n) is 6.22. The Morgan fingerprint density at radius 1 is 1.11 bits per heavy atom. The van der Waals surface area contributed by atoms with Crippen molar-refractivity contribution < 1.29 is 9.90 Å². The molecule has 2 aliphatic carbocycles. The fourth-order valence-electron chi connectivity index (χ4n) is 3.35. The summed E-state index contributed by atoms with van der Waals surface area (Å²) in [4.78, 5) is 14.3. The van der Waals surface area contributed by atoms with Crippen LogP contribution < -0.4 is 5.73 Å². The Morgan fingerprint density at radius 3 is 2.21 bits per heavy atom. The summed E-state index contributed by atoms with van der Waals surface area (Å²) in [6.07, 6.45) is 8.78. The van der Waals surface area contributed by atoms with Gasteiger partial charge in [-0.2, -0.15) is 0 Å². The van der Waals surface area contributed by atoms with Gasteiger partial charge in [0.2, 0.25) is 5.91 Å². The fourth-order valence-corrected chi connectivity index (χ4v) is 3.35. The highest BCUT2D eigenvalue weighted by atomic mass is 16.3. The van der Waals surface area contributed by atoms with Gasteiger partial charge in [0.25, 0.3) is 0 Å². The first-order chi connectivity index (χ1) is 9.24. The molecule has 0 aromatic heterocycles. The molecule has 2 rings (SSSR count). The Balaban J connectivity index is 1.78. The Kier molecular flexibility index (Phi) is 5.64. The van der Waals surface area contributed by atoms with E-state index in [-0.39, 0.29) is 12.5 Å². The van der Waals surface area contributed by atoms with Crippen molar-refractivity contribution in [3.8, 4) is 0 Å². The average Bonchev–Trinajstić information content (AvgIpc) is 2.37. The molecule has 0 aliphatic heterocycles. The van der Waals surface area contributed by atoms with Crippen molar-refractivity contribution in [1.29, 1.82) is 0 Å². The van der Waals surface area contributed by atoms with Crippen LogP contribution in [0.1, 0.15) is 51.4 Å². The smallest absolute Gasteiger partial charge is 0.223 e. The zero-order valence-electron chi connectivity index (χ0n) is 11.9. The largest absolute Gasteiger partial charge is 0.395 e. The highest BCUT2D eigenvalue weighted by Crippen LogP contribution is 2.32. The summed E-state index contributed by atoms with van der Waals surface area (Å²) in [7, 11) is 0. The molecule has 0 unspecified atom stereocenters. The summed E-state index contributed by atoms with van der Waals surface area (Å²) in [6, 6.07) is 0.403. The van der Waals surface area contributed by atoms with E-state index >= 15 is 0 Å². The molecule has 0 atom stereocenters. The van der Waals surface area contributed by atoms with Crippen LogP contribution in [0, 0.1) is 11.8 Å². The Labute approximate surface area is 116 Å². The molecule has 3 N–H and O–H groups in total. The molecule has 0 aromatic carbocycles. The molecule has 2 fully saturated rings. The van der Waals surface area contributed by atoms with Crippen molar-refractivity contribution in [3.63, 3.8) is 0 Å². The molecule has 0 spiro atoms. The molecule has 4 nitrogen and oxygen atoms in total. The van der Waals surface area contributed by atoms with Crippen LogP contribution in [0.4, 0.5) is 0 Å². The molecule has 110 valence electrons. The standard InChI is InChI=1S/C15H28N2O2/c16-11-13-6-4-12(5-7-13)10-15(19)17(8-9-18)14-2-1-3-14/h12-14,18H,1-11,16H2. The minimum Gasteiger partial charge on any atom is -0.395 e. The molecule has 0 bridgehead atoms. The van der Waals surface area contributed by atoms with Gasteiger partial charge in [0.15, 0.2) is 0 Å². The first kappa shape index (κ1) is 14.8. The van der Waals surface area contributed by atoms with Gasteiger partial charge in [0, 0.05) is 19.0 Å². The number of aliphatic hydroxyl groups excluding tert-OH is 1. The average molecular weight is 268 g/mol. The molecular weight excluding hydrogens is 240 g/mol. The third-order valence-corrected chi connectivity index (χ3v) is 4.94. The molecule has 1 amide bonds. The van der Waals surface area contributed by atoms with E-state index in [1.807, 2.05) is 4.90 Å². The van der Waals surface area contributed by atoms with Crippen molar-refractivity contribution in [2.45, 2.75) is 57.4 Å². The lowest BCUT2D eigenvalue weighted by atomic mass is 9.80. The summed E-state index contributed by atoms with van der Waals surface area (Å²) in [5.74, 6) is 1.47. The SMILES string of the molecule is NCC1CCC(CC(=O)N(CCO)C2CCC2)CC1. The van der Waals surface area contributed by atoms with E-state index in [9.17, 15) is 4.79 Å². The van der Waals surface area contributed by atoms with Gasteiger partial charge in [0.05, 0.1) is 6.61 Å². The maximum absolute atomic E-state index is 12.4. The van der Waals surface area contributed by atoms with Crippen LogP contribution >= 0.6 is 0 Å². The molecule has 0 aromatic rings. The first-order valence-electron chi connectivity index (χ1n) is 7.85. The van der Waals surface area contributed by atoms with Crippen LogP contribution in [-0.4, -0.2) is 41.7 Å². The number of hydrogen-bond donors (Lipinski definition) is 2. The molecule has 19 heavy (non-hydrogen) atoms. The van der Waals surface area contributed by atoms with E-state index in [0.717, 1.165) is 32.2 Å². The third-order valence-electron chi connectivity index (χ3n) is 4.94. The number of rotatable bonds is 6. The van der Waals surface area contributed by atoms with E-state index in [4.69, 9.17) is 10.8 Å². The van der Waals surface area contributed by atoms with Gasteiger partial charge in [-0.05, 0) is 63.3 Å². The van der Waals surface area contributed by atoms with Gasteiger partial charge < -0.3 is 15.7 Å². The molecule has 0 heterocycles. The number of carbonyl (C=O) groups excluding carboxylic acids is 1. The lowest BCUT2D eigenvalue weighted by Gasteiger charge is -2.38. The molecule has 2 aliphatic rings. The number of amides is 1. The molecule has 4 heteroatoms. The van der Waals surface area contributed by atoms with Crippen LogP contribution in [0.3, 0.4) is 0 Å². The number of hydrogen-bond acceptors (Lipinski definition) is 3. The Hall–Kier alpha value is -0.610. The van der Waals surface area contributed by atoms with Gasteiger partial charge in [0.1, 0.15) is 0 Å². The summed E-state index contributed by atoms with van der Waals surface area (Å²) < 4.78 is 0. The van der Waals surface area contributed by atoms with Crippen LogP contribution in [0.25, 0.3) is 0 Å². The highest BCUT2D eigenvalue weighted by molar-refractivity contribution is 5.77. The van der Waals surface area contributed by atoms with Crippen LogP contribution in [0.15, 0.2) is 0 Å². The number of carbonyl (C=O) groups is 1. The number of nitrogens with two attached hydrogens (primary N) is 1. The normalized spacial score (nSPS) is 27.9. The lowest BCUT2D eigenvalue weighted by Crippen LogP contribution is -2.46. The Morgan fingerprint density at radius 2 is 1.74 bits per heavy atom. The quantitative estimate of drug-likeness (QED) is 0.767. The number of nitrogens with zero attached hydrogens (tertiary/aromatic N) is 1. The molecule has 0 radical (unpaired) electrons. The monoisotopic (exact) mass is 268 g/mol. The zero-order valence-corrected chi connectivity index (χ0v) is 11.9. The van der Waals surface area contributed by atoms with Crippen molar-refractivity contribution in [2.24, 2.45) is 17.6 Å². The summed E-state index contributed by atoms with van der Waals surface area (Å²) >= 11 is 0. The molecule has 0 saturated heterocycles. The summed E-state index contributed by atoms with van der Waals surface area (Å²) in [5.41, 5.74) is 5.70.